The molecule has 1 unspecified atom stereocenters. The van der Waals surface area contributed by atoms with Gasteiger partial charge in [0.15, 0.2) is 0 Å². The highest BCUT2D eigenvalue weighted by Crippen LogP contribution is 2.24. The van der Waals surface area contributed by atoms with E-state index in [9.17, 15) is 9.59 Å². The van der Waals surface area contributed by atoms with Gasteiger partial charge in [0, 0.05) is 31.2 Å². The van der Waals surface area contributed by atoms with E-state index in [1.807, 2.05) is 54.0 Å². The van der Waals surface area contributed by atoms with Gasteiger partial charge in [-0.15, -0.1) is 0 Å². The van der Waals surface area contributed by atoms with Crippen molar-refractivity contribution < 1.29 is 9.53 Å². The molecule has 1 aromatic carbocycles. The van der Waals surface area contributed by atoms with Crippen molar-refractivity contribution in [2.75, 3.05) is 11.9 Å². The summed E-state index contributed by atoms with van der Waals surface area (Å²) in [4.78, 5) is 30.8. The Morgan fingerprint density at radius 2 is 2.00 bits per heavy atom. The Kier molecular flexibility index (Phi) is 5.28. The molecule has 1 fully saturated rings. The van der Waals surface area contributed by atoms with Gasteiger partial charge in [-0.25, -0.2) is 4.98 Å². The van der Waals surface area contributed by atoms with E-state index in [4.69, 9.17) is 4.74 Å². The molecule has 1 N–H and O–H groups in total. The predicted molar refractivity (Wildman–Crippen MR) is 120 cm³/mol. The summed E-state index contributed by atoms with van der Waals surface area (Å²) in [6.45, 7) is 3.16. The number of pyridine rings is 2. The number of nitrogens with zero attached hydrogens (tertiary/aromatic N) is 4. The van der Waals surface area contributed by atoms with E-state index >= 15 is 0 Å². The number of para-hydroxylation sites is 1. The third-order valence-electron chi connectivity index (χ3n) is 5.54. The average Bonchev–Trinajstić information content (AvgIpc) is 3.42. The number of aryl methyl sites for hydroxylation is 1. The third kappa shape index (κ3) is 3.92. The number of benzene rings is 1. The van der Waals surface area contributed by atoms with Crippen LogP contribution in [-0.4, -0.2) is 37.9 Å². The van der Waals surface area contributed by atoms with Crippen LogP contribution < -0.4 is 10.9 Å². The maximum Gasteiger partial charge on any atom is 0.282 e. The summed E-state index contributed by atoms with van der Waals surface area (Å²) in [6, 6.07) is 14.6. The lowest BCUT2D eigenvalue weighted by molar-refractivity contribution is 0.0961. The number of hydrogen-bond donors (Lipinski definition) is 1. The van der Waals surface area contributed by atoms with Gasteiger partial charge in [0.25, 0.3) is 11.5 Å². The van der Waals surface area contributed by atoms with Crippen LogP contribution in [0.3, 0.4) is 0 Å². The molecule has 32 heavy (non-hydrogen) atoms. The lowest BCUT2D eigenvalue weighted by Crippen LogP contribution is -2.21. The first-order valence-electron chi connectivity index (χ1n) is 10.6. The number of fused-ring (bicyclic) bond motifs is 1. The van der Waals surface area contributed by atoms with E-state index in [0.29, 0.717) is 34.9 Å². The first kappa shape index (κ1) is 20.1. The highest BCUT2D eigenvalue weighted by Gasteiger charge is 2.26. The fraction of sp³-hybridized carbons (Fsp3) is 0.250. The molecule has 4 heterocycles. The van der Waals surface area contributed by atoms with Crippen molar-refractivity contribution in [1.82, 2.24) is 19.3 Å². The molecule has 3 aliphatic heterocycles. The molecule has 1 aromatic heterocycles. The summed E-state index contributed by atoms with van der Waals surface area (Å²) < 4.78 is 8.95. The van der Waals surface area contributed by atoms with E-state index in [-0.39, 0.29) is 17.6 Å². The Labute approximate surface area is 184 Å². The summed E-state index contributed by atoms with van der Waals surface area (Å²) >= 11 is 0. The topological polar surface area (TPSA) is 91.0 Å². The number of anilines is 1. The van der Waals surface area contributed by atoms with Gasteiger partial charge in [-0.2, -0.15) is 9.78 Å². The molecule has 1 atom stereocenters. The minimum atomic E-state index is -0.368. The quantitative estimate of drug-likeness (QED) is 0.526. The Bertz CT molecular complexity index is 1290. The van der Waals surface area contributed by atoms with Gasteiger partial charge < -0.3 is 14.6 Å². The first-order valence-corrected chi connectivity index (χ1v) is 10.6. The second-order valence-corrected chi connectivity index (χ2v) is 7.94. The van der Waals surface area contributed by atoms with Crippen LogP contribution in [0.15, 0.2) is 65.7 Å². The molecule has 162 valence electrons. The minimum absolute atomic E-state index is 0.0612. The van der Waals surface area contributed by atoms with Crippen molar-refractivity contribution in [2.45, 2.75) is 32.4 Å². The lowest BCUT2D eigenvalue weighted by atomic mass is 10.1. The maximum atomic E-state index is 13.2. The van der Waals surface area contributed by atoms with Crippen LogP contribution in [0, 0.1) is 6.92 Å². The third-order valence-corrected chi connectivity index (χ3v) is 5.54. The normalized spacial score (nSPS) is 15.8. The summed E-state index contributed by atoms with van der Waals surface area (Å²) in [6.07, 6.45) is 5.52. The van der Waals surface area contributed by atoms with Crippen LogP contribution in [0.4, 0.5) is 5.82 Å². The van der Waals surface area contributed by atoms with Crippen LogP contribution in [0.1, 0.15) is 28.9 Å². The highest BCUT2D eigenvalue weighted by molar-refractivity contribution is 6.07. The fourth-order valence-electron chi connectivity index (χ4n) is 4.00. The lowest BCUT2D eigenvalue weighted by Gasteiger charge is -2.16. The molecule has 8 nitrogen and oxygen atoms in total. The molecular weight excluding hydrogens is 406 g/mol. The van der Waals surface area contributed by atoms with Crippen LogP contribution in [0.5, 0.6) is 0 Å². The summed E-state index contributed by atoms with van der Waals surface area (Å²) in [5.41, 5.74) is 2.23. The molecule has 0 spiro atoms. The number of hydrogen-bond acceptors (Lipinski definition) is 5. The van der Waals surface area contributed by atoms with Crippen LogP contribution in [0.25, 0.3) is 16.9 Å². The molecule has 1 amide bonds. The van der Waals surface area contributed by atoms with E-state index < -0.39 is 0 Å². The molecule has 5 rings (SSSR count). The molecule has 0 bridgehead atoms. The van der Waals surface area contributed by atoms with Gasteiger partial charge in [-0.1, -0.05) is 24.3 Å². The number of carbonyl (C=O) groups is 1. The van der Waals surface area contributed by atoms with Crippen molar-refractivity contribution in [3.8, 4) is 16.9 Å². The Morgan fingerprint density at radius 1 is 1.16 bits per heavy atom. The fourth-order valence-corrected chi connectivity index (χ4v) is 4.00. The Balaban J connectivity index is 1.60. The molecule has 1 saturated heterocycles. The largest absolute Gasteiger partial charge is 0.376 e. The summed E-state index contributed by atoms with van der Waals surface area (Å²) in [5.74, 6) is 0.0787. The number of nitrogens with one attached hydrogen (secondary N) is 1. The summed E-state index contributed by atoms with van der Waals surface area (Å²) in [7, 11) is 0. The van der Waals surface area contributed by atoms with Crippen molar-refractivity contribution >= 4 is 11.7 Å². The zero-order chi connectivity index (χ0) is 22.1. The van der Waals surface area contributed by atoms with E-state index in [2.05, 4.69) is 15.4 Å². The Morgan fingerprint density at radius 3 is 2.75 bits per heavy atom. The van der Waals surface area contributed by atoms with Gasteiger partial charge in [-0.05, 0) is 44.0 Å². The van der Waals surface area contributed by atoms with Gasteiger partial charge in [-0.3, -0.25) is 9.59 Å². The average molecular weight is 429 g/mol. The second kappa shape index (κ2) is 8.39. The molecular formula is C24H23N5O3. The molecule has 8 heteroatoms. The standard InChI is InChI=1S/C24H23N5O3/c1-16-7-5-11-21(25-16)26-23(30)19-14-28(13-18-10-6-12-32-18)15-20-22(19)27-29(24(20)31)17-8-3-2-4-9-17/h2-5,7-9,11,14-15,18H,6,10,12-13H2,1H3,(H,25,26,30). The number of rotatable bonds is 5. The molecule has 0 aliphatic carbocycles. The molecule has 0 radical (unpaired) electrons. The summed E-state index contributed by atoms with van der Waals surface area (Å²) in [5, 5.41) is 7.35. The number of carbonyl (C=O) groups excluding carboxylic acids is 1. The van der Waals surface area contributed by atoms with Crippen molar-refractivity contribution in [1.29, 1.82) is 0 Å². The minimum Gasteiger partial charge on any atom is -0.376 e. The smallest absolute Gasteiger partial charge is 0.282 e. The van der Waals surface area contributed by atoms with Crippen molar-refractivity contribution in [3.63, 3.8) is 0 Å². The van der Waals surface area contributed by atoms with Crippen molar-refractivity contribution in [3.05, 3.63) is 82.5 Å². The molecule has 3 aliphatic rings. The van der Waals surface area contributed by atoms with Gasteiger partial charge in [0.2, 0.25) is 0 Å². The first-order chi connectivity index (χ1) is 15.6. The highest BCUT2D eigenvalue weighted by atomic mass is 16.5. The number of ether oxygens (including phenoxy) is 1. The van der Waals surface area contributed by atoms with E-state index in [1.165, 1.54) is 4.68 Å². The zero-order valence-electron chi connectivity index (χ0n) is 17.7. The van der Waals surface area contributed by atoms with Crippen LogP contribution in [0.2, 0.25) is 0 Å². The van der Waals surface area contributed by atoms with Crippen LogP contribution in [-0.2, 0) is 11.3 Å². The van der Waals surface area contributed by atoms with Gasteiger partial charge in [0.1, 0.15) is 11.5 Å². The van der Waals surface area contributed by atoms with Gasteiger partial charge >= 0.3 is 0 Å². The SMILES string of the molecule is Cc1cccc(NC(=O)c2cn(CC3CCCO3)cc3c(=O)n(-c4ccccc4)nc2-3)n1. The number of aromatic nitrogens is 4. The van der Waals surface area contributed by atoms with Gasteiger partial charge in [0.05, 0.1) is 22.9 Å². The zero-order valence-corrected chi connectivity index (χ0v) is 17.7. The van der Waals surface area contributed by atoms with E-state index in [1.54, 1.807) is 18.5 Å². The molecule has 2 aromatic rings. The monoisotopic (exact) mass is 429 g/mol. The van der Waals surface area contributed by atoms with Crippen molar-refractivity contribution in [2.24, 2.45) is 0 Å². The second-order valence-electron chi connectivity index (χ2n) is 7.94. The van der Waals surface area contributed by atoms with E-state index in [0.717, 1.165) is 25.1 Å². The predicted octanol–water partition coefficient (Wildman–Crippen LogP) is 3.27. The van der Waals surface area contributed by atoms with Crippen LogP contribution >= 0.6 is 0 Å². The number of amides is 1. The maximum absolute atomic E-state index is 13.2. The Hall–Kier alpha value is -3.78. The molecule has 0 saturated carbocycles.